The average molecular weight is 290 g/mol. The van der Waals surface area contributed by atoms with Crippen molar-refractivity contribution in [1.82, 2.24) is 0 Å². The molecule has 1 aliphatic rings. The summed E-state index contributed by atoms with van der Waals surface area (Å²) in [5, 5.41) is 11.0. The summed E-state index contributed by atoms with van der Waals surface area (Å²) < 4.78 is 10.6. The molecule has 1 unspecified atom stereocenters. The highest BCUT2D eigenvalue weighted by atomic mass is 16.4. The van der Waals surface area contributed by atoms with Crippen molar-refractivity contribution in [2.75, 3.05) is 20.1 Å². The van der Waals surface area contributed by atoms with E-state index in [1.54, 1.807) is 30.5 Å². The lowest BCUT2D eigenvalue weighted by Gasteiger charge is -2.39. The van der Waals surface area contributed by atoms with E-state index < -0.39 is 11.5 Å². The molecule has 2 N–H and O–H groups in total. The van der Waals surface area contributed by atoms with Gasteiger partial charge < -0.3 is 18.8 Å². The van der Waals surface area contributed by atoms with Crippen LogP contribution >= 0.6 is 0 Å². The van der Waals surface area contributed by atoms with Gasteiger partial charge in [0, 0.05) is 6.42 Å². The standard InChI is InChI=1S/C16H19NO4/c1-17-7-6-16(19,15-5-3-9-21-15)13(11-17)14(18)10-12-4-2-8-20-12/h2-5,8-9,13,19H,6-7,10-11H2,1H3/p+1/t13-,16-/m0/s1. The molecule has 3 atom stereocenters. The van der Waals surface area contributed by atoms with Crippen LogP contribution in [-0.2, 0) is 16.8 Å². The largest absolute Gasteiger partial charge is 0.469 e. The molecule has 0 saturated carbocycles. The number of hydrogen-bond acceptors (Lipinski definition) is 4. The summed E-state index contributed by atoms with van der Waals surface area (Å²) in [6.45, 7) is 1.40. The van der Waals surface area contributed by atoms with E-state index in [4.69, 9.17) is 8.83 Å². The first-order valence-corrected chi connectivity index (χ1v) is 7.22. The molecule has 0 aromatic carbocycles. The number of quaternary nitrogens is 1. The van der Waals surface area contributed by atoms with Crippen LogP contribution in [0.25, 0.3) is 0 Å². The van der Waals surface area contributed by atoms with Crippen molar-refractivity contribution in [1.29, 1.82) is 0 Å². The number of rotatable bonds is 4. The minimum Gasteiger partial charge on any atom is -0.469 e. The fraction of sp³-hybridized carbons (Fsp3) is 0.438. The molecule has 0 amide bonds. The summed E-state index contributed by atoms with van der Waals surface area (Å²) in [6.07, 6.45) is 3.81. The molecule has 0 aliphatic carbocycles. The van der Waals surface area contributed by atoms with Gasteiger partial charge in [-0.1, -0.05) is 0 Å². The number of piperidine rings is 1. The molecule has 0 spiro atoms. The van der Waals surface area contributed by atoms with Crippen molar-refractivity contribution in [3.8, 4) is 0 Å². The number of aliphatic hydroxyl groups is 1. The fourth-order valence-corrected chi connectivity index (χ4v) is 3.11. The topological polar surface area (TPSA) is 68.0 Å². The second-order valence-electron chi connectivity index (χ2n) is 5.84. The second-order valence-corrected chi connectivity index (χ2v) is 5.84. The van der Waals surface area contributed by atoms with Gasteiger partial charge >= 0.3 is 0 Å². The molecule has 0 bridgehead atoms. The summed E-state index contributed by atoms with van der Waals surface area (Å²) in [4.78, 5) is 13.9. The lowest BCUT2D eigenvalue weighted by atomic mass is 9.76. The predicted molar refractivity (Wildman–Crippen MR) is 74.8 cm³/mol. The summed E-state index contributed by atoms with van der Waals surface area (Å²) in [6, 6.07) is 7.03. The van der Waals surface area contributed by atoms with Gasteiger partial charge in [-0.25, -0.2) is 0 Å². The molecule has 2 aromatic heterocycles. The lowest BCUT2D eigenvalue weighted by molar-refractivity contribution is -0.891. The van der Waals surface area contributed by atoms with Crippen molar-refractivity contribution in [2.45, 2.75) is 18.4 Å². The van der Waals surface area contributed by atoms with Crippen molar-refractivity contribution >= 4 is 5.78 Å². The Kier molecular flexibility index (Phi) is 3.69. The zero-order valence-corrected chi connectivity index (χ0v) is 12.0. The fourth-order valence-electron chi connectivity index (χ4n) is 3.11. The second kappa shape index (κ2) is 5.50. The van der Waals surface area contributed by atoms with Gasteiger partial charge in [-0.05, 0) is 24.3 Å². The van der Waals surface area contributed by atoms with Crippen LogP contribution in [0.5, 0.6) is 0 Å². The molecule has 5 nitrogen and oxygen atoms in total. The summed E-state index contributed by atoms with van der Waals surface area (Å²) in [7, 11) is 2.04. The van der Waals surface area contributed by atoms with Crippen LogP contribution in [0.1, 0.15) is 17.9 Å². The zero-order valence-electron chi connectivity index (χ0n) is 12.0. The first kappa shape index (κ1) is 14.1. The molecule has 1 aliphatic heterocycles. The predicted octanol–water partition coefficient (Wildman–Crippen LogP) is 0.407. The first-order chi connectivity index (χ1) is 10.1. The Morgan fingerprint density at radius 3 is 2.81 bits per heavy atom. The molecule has 0 radical (unpaired) electrons. The van der Waals surface area contributed by atoms with Gasteiger partial charge in [0.05, 0.1) is 39.1 Å². The van der Waals surface area contributed by atoms with Crippen LogP contribution in [0.4, 0.5) is 0 Å². The van der Waals surface area contributed by atoms with Gasteiger partial charge in [0.25, 0.3) is 0 Å². The minimum absolute atomic E-state index is 0.0112. The van der Waals surface area contributed by atoms with Crippen LogP contribution in [0.2, 0.25) is 0 Å². The average Bonchev–Trinajstić information content (AvgIpc) is 3.14. The Bertz CT molecular complexity index is 590. The van der Waals surface area contributed by atoms with Gasteiger partial charge in [-0.15, -0.1) is 0 Å². The highest BCUT2D eigenvalue weighted by Gasteiger charge is 2.49. The summed E-state index contributed by atoms with van der Waals surface area (Å²) in [5.74, 6) is 0.614. The van der Waals surface area contributed by atoms with Crippen molar-refractivity contribution < 1.29 is 23.6 Å². The number of hydrogen-bond donors (Lipinski definition) is 2. The number of carbonyl (C=O) groups excluding carboxylic acids is 1. The molecule has 112 valence electrons. The zero-order chi connectivity index (χ0) is 14.9. The molecular weight excluding hydrogens is 270 g/mol. The van der Waals surface area contributed by atoms with Crippen LogP contribution in [0.3, 0.4) is 0 Å². The van der Waals surface area contributed by atoms with Gasteiger partial charge in [-0.3, -0.25) is 4.79 Å². The number of carbonyl (C=O) groups is 1. The van der Waals surface area contributed by atoms with E-state index in [2.05, 4.69) is 0 Å². The smallest absolute Gasteiger partial charge is 0.152 e. The van der Waals surface area contributed by atoms with Gasteiger partial charge in [0.1, 0.15) is 23.0 Å². The first-order valence-electron chi connectivity index (χ1n) is 7.22. The maximum Gasteiger partial charge on any atom is 0.152 e. The summed E-state index contributed by atoms with van der Waals surface area (Å²) in [5.41, 5.74) is -1.22. The molecule has 5 heteroatoms. The Labute approximate surface area is 123 Å². The van der Waals surface area contributed by atoms with E-state index in [1.165, 1.54) is 11.2 Å². The maximum absolute atomic E-state index is 12.6. The third kappa shape index (κ3) is 2.66. The van der Waals surface area contributed by atoms with Gasteiger partial charge in [0.2, 0.25) is 0 Å². The molecule has 1 saturated heterocycles. The van der Waals surface area contributed by atoms with E-state index >= 15 is 0 Å². The van der Waals surface area contributed by atoms with Gasteiger partial charge in [0.15, 0.2) is 5.78 Å². The van der Waals surface area contributed by atoms with Crippen molar-refractivity contribution in [3.63, 3.8) is 0 Å². The molecular formula is C16H20NO4+. The van der Waals surface area contributed by atoms with Crippen molar-refractivity contribution in [3.05, 3.63) is 48.3 Å². The highest BCUT2D eigenvalue weighted by molar-refractivity contribution is 5.84. The Balaban J connectivity index is 1.86. The number of ketones is 1. The van der Waals surface area contributed by atoms with Crippen LogP contribution in [0.15, 0.2) is 45.6 Å². The van der Waals surface area contributed by atoms with E-state index in [1.807, 2.05) is 7.05 Å². The van der Waals surface area contributed by atoms with Crippen LogP contribution in [0, 0.1) is 5.92 Å². The Morgan fingerprint density at radius 2 is 2.14 bits per heavy atom. The maximum atomic E-state index is 12.6. The van der Waals surface area contributed by atoms with E-state index in [-0.39, 0.29) is 12.2 Å². The molecule has 21 heavy (non-hydrogen) atoms. The molecule has 3 heterocycles. The van der Waals surface area contributed by atoms with E-state index in [0.717, 1.165) is 6.54 Å². The summed E-state index contributed by atoms with van der Waals surface area (Å²) >= 11 is 0. The normalized spacial score (nSPS) is 29.4. The number of nitrogens with one attached hydrogen (secondary N) is 1. The Morgan fingerprint density at radius 1 is 1.38 bits per heavy atom. The quantitative estimate of drug-likeness (QED) is 0.855. The molecule has 3 rings (SSSR count). The van der Waals surface area contributed by atoms with Gasteiger partial charge in [-0.2, -0.15) is 0 Å². The van der Waals surface area contributed by atoms with E-state index in [9.17, 15) is 9.90 Å². The lowest BCUT2D eigenvalue weighted by Crippen LogP contribution is -3.12. The highest BCUT2D eigenvalue weighted by Crippen LogP contribution is 2.35. The molecule has 1 fully saturated rings. The third-order valence-corrected chi connectivity index (χ3v) is 4.33. The minimum atomic E-state index is -1.22. The third-order valence-electron chi connectivity index (χ3n) is 4.33. The van der Waals surface area contributed by atoms with E-state index in [0.29, 0.717) is 24.5 Å². The number of furan rings is 2. The number of likely N-dealkylation sites (tertiary alicyclic amines) is 1. The monoisotopic (exact) mass is 290 g/mol. The Hall–Kier alpha value is -1.85. The SMILES string of the molecule is C[NH+]1CC[C@@](O)(c2ccco2)[C@H](C(=O)Cc2ccco2)C1. The van der Waals surface area contributed by atoms with Crippen LogP contribution in [-0.4, -0.2) is 31.0 Å². The molecule has 2 aromatic rings. The van der Waals surface area contributed by atoms with Crippen LogP contribution < -0.4 is 4.90 Å². The van der Waals surface area contributed by atoms with Crippen molar-refractivity contribution in [2.24, 2.45) is 5.92 Å². The number of Topliss-reactive ketones (excluding diaryl/α,β-unsaturated/α-hetero) is 1.